The molecule has 1 aliphatic rings. The van der Waals surface area contributed by atoms with E-state index in [4.69, 9.17) is 9.47 Å². The number of esters is 2. The number of benzene rings is 1. The molecule has 1 aliphatic heterocycles. The normalized spacial score (nSPS) is 16.8. The summed E-state index contributed by atoms with van der Waals surface area (Å²) in [7, 11) is 0. The monoisotopic (exact) mass is 359 g/mol. The van der Waals surface area contributed by atoms with Crippen LogP contribution in [0.15, 0.2) is 46.8 Å². The van der Waals surface area contributed by atoms with Crippen LogP contribution in [0.1, 0.15) is 32.3 Å². The molecule has 0 aromatic heterocycles. The average molecular weight is 359 g/mol. The maximum Gasteiger partial charge on any atom is 0.337 e. The molecule has 0 aliphatic carbocycles. The van der Waals surface area contributed by atoms with Gasteiger partial charge >= 0.3 is 11.9 Å². The van der Waals surface area contributed by atoms with Gasteiger partial charge in [0.25, 0.3) is 0 Å². The standard InChI is InChI=1S/C19H21NO6/c1-4-25-18(23)15-11(3)20-14(10-21)17(19(24)26-5-2)16(15)12-7-6-8-13(22)9-12/h6-10,16,20,22H,4-5H2,1-3H3. The summed E-state index contributed by atoms with van der Waals surface area (Å²) in [5.74, 6) is -2.26. The number of phenolic OH excluding ortho intramolecular Hbond substituents is 1. The molecule has 0 bridgehead atoms. The summed E-state index contributed by atoms with van der Waals surface area (Å²) in [6.45, 7) is 5.20. The molecule has 1 aromatic rings. The lowest BCUT2D eigenvalue weighted by Gasteiger charge is -2.29. The molecule has 0 fully saturated rings. The quantitative estimate of drug-likeness (QED) is 0.591. The van der Waals surface area contributed by atoms with E-state index in [2.05, 4.69) is 5.32 Å². The summed E-state index contributed by atoms with van der Waals surface area (Å²) in [5, 5.41) is 12.6. The largest absolute Gasteiger partial charge is 0.508 e. The maximum absolute atomic E-state index is 12.6. The molecule has 0 amide bonds. The third-order valence-corrected chi connectivity index (χ3v) is 3.91. The highest BCUT2D eigenvalue weighted by Crippen LogP contribution is 2.39. The molecular weight excluding hydrogens is 338 g/mol. The highest BCUT2D eigenvalue weighted by molar-refractivity contribution is 6.03. The van der Waals surface area contributed by atoms with Gasteiger partial charge in [-0.15, -0.1) is 0 Å². The first-order valence-electron chi connectivity index (χ1n) is 8.24. The van der Waals surface area contributed by atoms with E-state index in [0.717, 1.165) is 0 Å². The van der Waals surface area contributed by atoms with Crippen molar-refractivity contribution in [3.63, 3.8) is 0 Å². The Kier molecular flexibility index (Phi) is 6.16. The summed E-state index contributed by atoms with van der Waals surface area (Å²) >= 11 is 0. The molecule has 0 spiro atoms. The molecule has 7 nitrogen and oxygen atoms in total. The molecule has 0 saturated carbocycles. The van der Waals surface area contributed by atoms with Crippen LogP contribution >= 0.6 is 0 Å². The first-order chi connectivity index (χ1) is 12.4. The Balaban J connectivity index is 2.70. The Hall–Kier alpha value is -3.09. The van der Waals surface area contributed by atoms with Gasteiger partial charge in [-0.3, -0.25) is 4.79 Å². The van der Waals surface area contributed by atoms with Crippen LogP contribution in [0.4, 0.5) is 0 Å². The second kappa shape index (κ2) is 8.33. The Morgan fingerprint density at radius 2 is 1.77 bits per heavy atom. The van der Waals surface area contributed by atoms with Gasteiger partial charge in [-0.2, -0.15) is 0 Å². The smallest absolute Gasteiger partial charge is 0.337 e. The van der Waals surface area contributed by atoms with Gasteiger partial charge in [0.1, 0.15) is 5.75 Å². The topological polar surface area (TPSA) is 102 Å². The number of nitrogens with one attached hydrogen (secondary N) is 1. The van der Waals surface area contributed by atoms with Gasteiger partial charge in [0.15, 0.2) is 6.29 Å². The van der Waals surface area contributed by atoms with Gasteiger partial charge in [-0.1, -0.05) is 12.1 Å². The fourth-order valence-corrected chi connectivity index (χ4v) is 2.90. The Labute approximate surface area is 151 Å². The Morgan fingerprint density at radius 3 is 2.31 bits per heavy atom. The minimum atomic E-state index is -0.901. The van der Waals surface area contributed by atoms with E-state index in [0.29, 0.717) is 17.5 Å². The second-order valence-electron chi connectivity index (χ2n) is 5.58. The summed E-state index contributed by atoms with van der Waals surface area (Å²) in [4.78, 5) is 36.7. The third kappa shape index (κ3) is 3.77. The highest BCUT2D eigenvalue weighted by Gasteiger charge is 2.39. The van der Waals surface area contributed by atoms with Crippen molar-refractivity contribution < 1.29 is 29.0 Å². The lowest BCUT2D eigenvalue weighted by atomic mass is 9.80. The van der Waals surface area contributed by atoms with Crippen LogP contribution in [0.2, 0.25) is 0 Å². The van der Waals surface area contributed by atoms with Gasteiger partial charge < -0.3 is 19.9 Å². The van der Waals surface area contributed by atoms with Crippen LogP contribution in [-0.4, -0.2) is 36.5 Å². The van der Waals surface area contributed by atoms with Crippen molar-refractivity contribution in [3.05, 3.63) is 52.4 Å². The molecule has 0 saturated heterocycles. The zero-order chi connectivity index (χ0) is 19.3. The van der Waals surface area contributed by atoms with Gasteiger partial charge in [-0.05, 0) is 38.5 Å². The number of dihydropyridines is 1. The van der Waals surface area contributed by atoms with Gasteiger partial charge in [0.2, 0.25) is 0 Å². The van der Waals surface area contributed by atoms with Crippen molar-refractivity contribution in [2.24, 2.45) is 0 Å². The lowest BCUT2D eigenvalue weighted by molar-refractivity contribution is -0.139. The number of aldehydes is 1. The zero-order valence-corrected chi connectivity index (χ0v) is 14.9. The van der Waals surface area contributed by atoms with Crippen LogP contribution in [0.5, 0.6) is 5.75 Å². The number of ether oxygens (including phenoxy) is 2. The van der Waals surface area contributed by atoms with E-state index in [1.165, 1.54) is 12.1 Å². The van der Waals surface area contributed by atoms with E-state index >= 15 is 0 Å². The molecule has 1 aromatic carbocycles. The number of carbonyl (C=O) groups excluding carboxylic acids is 3. The van der Waals surface area contributed by atoms with Crippen LogP contribution in [0.25, 0.3) is 0 Å². The Bertz CT molecular complexity index is 793. The van der Waals surface area contributed by atoms with Gasteiger partial charge in [0.05, 0.1) is 36.0 Å². The molecule has 26 heavy (non-hydrogen) atoms. The minimum absolute atomic E-state index is 0.00102. The van der Waals surface area contributed by atoms with Crippen molar-refractivity contribution in [1.29, 1.82) is 0 Å². The first kappa shape index (κ1) is 19.2. The predicted octanol–water partition coefficient (Wildman–Crippen LogP) is 1.93. The van der Waals surface area contributed by atoms with Crippen LogP contribution in [0, 0.1) is 0 Å². The minimum Gasteiger partial charge on any atom is -0.508 e. The van der Waals surface area contributed by atoms with E-state index in [9.17, 15) is 19.5 Å². The predicted molar refractivity (Wildman–Crippen MR) is 93.0 cm³/mol. The molecule has 7 heteroatoms. The molecule has 1 unspecified atom stereocenters. The molecule has 1 heterocycles. The van der Waals surface area contributed by atoms with E-state index in [1.807, 2.05) is 0 Å². The molecular formula is C19H21NO6. The van der Waals surface area contributed by atoms with E-state index in [1.54, 1.807) is 32.9 Å². The number of aromatic hydroxyl groups is 1. The number of carbonyl (C=O) groups is 3. The summed E-state index contributed by atoms with van der Waals surface area (Å²) < 4.78 is 10.2. The van der Waals surface area contributed by atoms with Crippen LogP contribution in [0.3, 0.4) is 0 Å². The zero-order valence-electron chi connectivity index (χ0n) is 14.9. The number of rotatable bonds is 6. The Morgan fingerprint density at radius 1 is 1.15 bits per heavy atom. The molecule has 2 N–H and O–H groups in total. The summed E-state index contributed by atoms with van der Waals surface area (Å²) in [6, 6.07) is 6.15. The number of hydrogen-bond acceptors (Lipinski definition) is 7. The second-order valence-corrected chi connectivity index (χ2v) is 5.58. The van der Waals surface area contributed by atoms with E-state index in [-0.39, 0.29) is 35.8 Å². The average Bonchev–Trinajstić information content (AvgIpc) is 2.60. The molecule has 1 atom stereocenters. The summed E-state index contributed by atoms with van der Waals surface area (Å²) in [6.07, 6.45) is 0.507. The highest BCUT2D eigenvalue weighted by atomic mass is 16.5. The number of hydrogen-bond donors (Lipinski definition) is 2. The van der Waals surface area contributed by atoms with Crippen molar-refractivity contribution >= 4 is 18.2 Å². The third-order valence-electron chi connectivity index (χ3n) is 3.91. The van der Waals surface area contributed by atoms with Crippen molar-refractivity contribution in [3.8, 4) is 5.75 Å². The first-order valence-corrected chi connectivity index (χ1v) is 8.24. The van der Waals surface area contributed by atoms with Crippen LogP contribution < -0.4 is 5.32 Å². The fourth-order valence-electron chi connectivity index (χ4n) is 2.90. The lowest BCUT2D eigenvalue weighted by Crippen LogP contribution is -2.33. The fraction of sp³-hybridized carbons (Fsp3) is 0.316. The summed E-state index contributed by atoms with van der Waals surface area (Å²) in [5.41, 5.74) is 1.07. The molecule has 138 valence electrons. The SMILES string of the molecule is CCOC(=O)C1=C(C)NC(C=O)=C(C(=O)OCC)C1c1cccc(O)c1. The molecule has 2 rings (SSSR count). The maximum atomic E-state index is 12.6. The van der Waals surface area contributed by atoms with Crippen molar-refractivity contribution in [2.45, 2.75) is 26.7 Å². The van der Waals surface area contributed by atoms with Crippen molar-refractivity contribution in [1.82, 2.24) is 5.32 Å². The van der Waals surface area contributed by atoms with Gasteiger partial charge in [0, 0.05) is 5.70 Å². The van der Waals surface area contributed by atoms with Gasteiger partial charge in [-0.25, -0.2) is 9.59 Å². The van der Waals surface area contributed by atoms with Crippen LogP contribution in [-0.2, 0) is 23.9 Å². The number of phenols is 1. The molecule has 0 radical (unpaired) electrons. The van der Waals surface area contributed by atoms with E-state index < -0.39 is 17.9 Å². The van der Waals surface area contributed by atoms with Crippen molar-refractivity contribution in [2.75, 3.05) is 13.2 Å². The number of allylic oxidation sites excluding steroid dienone is 2.